The van der Waals surface area contributed by atoms with Crippen LogP contribution in [0, 0.1) is 0 Å². The van der Waals surface area contributed by atoms with Crippen LogP contribution in [0.4, 0.5) is 4.79 Å². The smallest absolute Gasteiger partial charge is 0.328 e. The van der Waals surface area contributed by atoms with Gasteiger partial charge in [-0.25, -0.2) is 17.5 Å². The summed E-state index contributed by atoms with van der Waals surface area (Å²) in [4.78, 5) is 11.7. The van der Waals surface area contributed by atoms with E-state index in [1.807, 2.05) is 0 Å². The Labute approximate surface area is 112 Å². The number of hydrogen-bond donors (Lipinski definition) is 2. The number of nitrogens with one attached hydrogen (secondary N) is 1. The monoisotopic (exact) mass is 283 g/mol. The Morgan fingerprint density at radius 1 is 1.21 bits per heavy atom. The topological polar surface area (TPSA) is 92.5 Å². The molecule has 0 spiro atoms. The Bertz CT molecular complexity index is 539. The van der Waals surface area contributed by atoms with Gasteiger partial charge in [-0.3, -0.25) is 0 Å². The average molecular weight is 283 g/mol. The number of urea groups is 1. The largest absolute Gasteiger partial charge is 0.351 e. The molecule has 19 heavy (non-hydrogen) atoms. The van der Waals surface area contributed by atoms with Crippen LogP contribution in [-0.4, -0.2) is 37.9 Å². The van der Waals surface area contributed by atoms with Gasteiger partial charge in [-0.15, -0.1) is 0 Å². The van der Waals surface area contributed by atoms with Crippen molar-refractivity contribution in [3.8, 4) is 0 Å². The van der Waals surface area contributed by atoms with E-state index in [-0.39, 0.29) is 10.9 Å². The van der Waals surface area contributed by atoms with Crippen molar-refractivity contribution >= 4 is 16.1 Å². The summed E-state index contributed by atoms with van der Waals surface area (Å²) in [6.07, 6.45) is 1.16. The Morgan fingerprint density at radius 3 is 2.32 bits per heavy atom. The molecule has 2 rings (SSSR count). The van der Waals surface area contributed by atoms with Crippen LogP contribution in [0.3, 0.4) is 0 Å². The fourth-order valence-corrected chi connectivity index (χ4v) is 3.81. The Balaban J connectivity index is 2.36. The van der Waals surface area contributed by atoms with Crippen LogP contribution in [0.5, 0.6) is 0 Å². The first-order valence-electron chi connectivity index (χ1n) is 6.13. The van der Waals surface area contributed by atoms with Crippen molar-refractivity contribution in [3.05, 3.63) is 30.3 Å². The lowest BCUT2D eigenvalue weighted by Crippen LogP contribution is -2.51. The van der Waals surface area contributed by atoms with Gasteiger partial charge in [-0.2, -0.15) is 0 Å². The van der Waals surface area contributed by atoms with Gasteiger partial charge in [-0.05, 0) is 38.1 Å². The molecule has 1 aliphatic heterocycles. The minimum absolute atomic E-state index is 0.0901. The first-order chi connectivity index (χ1) is 9.03. The Hall–Kier alpha value is -1.60. The zero-order chi connectivity index (χ0) is 13.9. The Kier molecular flexibility index (Phi) is 4.06. The second-order valence-corrected chi connectivity index (χ2v) is 6.25. The van der Waals surface area contributed by atoms with Crippen molar-refractivity contribution in [1.29, 1.82) is 0 Å². The summed E-state index contributed by atoms with van der Waals surface area (Å²) in [6, 6.07) is 6.60. The molecule has 0 aromatic heterocycles. The number of nitrogens with zero attached hydrogens (tertiary/aromatic N) is 1. The van der Waals surface area contributed by atoms with E-state index < -0.39 is 16.1 Å². The Morgan fingerprint density at radius 2 is 1.79 bits per heavy atom. The van der Waals surface area contributed by atoms with Gasteiger partial charge in [-0.1, -0.05) is 18.2 Å². The lowest BCUT2D eigenvalue weighted by atomic mass is 10.1. The van der Waals surface area contributed by atoms with Gasteiger partial charge >= 0.3 is 6.03 Å². The van der Waals surface area contributed by atoms with Gasteiger partial charge in [0.25, 0.3) is 10.0 Å². The molecule has 6 nitrogen and oxygen atoms in total. The lowest BCUT2D eigenvalue weighted by Gasteiger charge is -2.32. The lowest BCUT2D eigenvalue weighted by molar-refractivity contribution is 0.211. The van der Waals surface area contributed by atoms with Gasteiger partial charge in [0.1, 0.15) is 0 Å². The van der Waals surface area contributed by atoms with Crippen LogP contribution in [0.25, 0.3) is 0 Å². The molecular formula is C12H17N3O3S. The zero-order valence-electron chi connectivity index (χ0n) is 10.5. The van der Waals surface area contributed by atoms with Crippen LogP contribution in [0.1, 0.15) is 12.8 Å². The fraction of sp³-hybridized carbons (Fsp3) is 0.417. The molecule has 1 saturated heterocycles. The van der Waals surface area contributed by atoms with E-state index in [0.717, 1.165) is 4.31 Å². The normalized spacial score (nSPS) is 17.1. The third-order valence-electron chi connectivity index (χ3n) is 3.16. The molecule has 0 aliphatic carbocycles. The van der Waals surface area contributed by atoms with Crippen molar-refractivity contribution < 1.29 is 13.2 Å². The van der Waals surface area contributed by atoms with E-state index >= 15 is 0 Å². The number of hydrogen-bond acceptors (Lipinski definition) is 4. The summed E-state index contributed by atoms with van der Waals surface area (Å²) in [5.74, 6) is 0. The minimum atomic E-state index is -3.87. The third-order valence-corrected chi connectivity index (χ3v) is 5.02. The van der Waals surface area contributed by atoms with E-state index in [1.165, 1.54) is 12.1 Å². The number of carbonyl (C=O) groups excluding carboxylic acids is 1. The maximum absolute atomic E-state index is 12.5. The van der Waals surface area contributed by atoms with Crippen molar-refractivity contribution in [2.24, 2.45) is 5.73 Å². The van der Waals surface area contributed by atoms with Gasteiger partial charge in [0, 0.05) is 0 Å². The van der Waals surface area contributed by atoms with Gasteiger partial charge in [0.2, 0.25) is 0 Å². The number of primary amides is 1. The fourth-order valence-electron chi connectivity index (χ4n) is 2.24. The molecule has 3 N–H and O–H groups in total. The predicted molar refractivity (Wildman–Crippen MR) is 70.9 cm³/mol. The maximum Gasteiger partial charge on any atom is 0.328 e. The molecule has 7 heteroatoms. The van der Waals surface area contributed by atoms with Crippen molar-refractivity contribution in [3.63, 3.8) is 0 Å². The molecule has 1 aromatic carbocycles. The van der Waals surface area contributed by atoms with Crippen LogP contribution in [0.15, 0.2) is 35.2 Å². The van der Waals surface area contributed by atoms with Crippen LogP contribution in [-0.2, 0) is 10.0 Å². The number of sulfonamides is 1. The second-order valence-electron chi connectivity index (χ2n) is 4.43. The summed E-state index contributed by atoms with van der Waals surface area (Å²) in [7, 11) is -3.87. The quantitative estimate of drug-likeness (QED) is 0.845. The van der Waals surface area contributed by atoms with Crippen LogP contribution < -0.4 is 11.1 Å². The van der Waals surface area contributed by atoms with Crippen LogP contribution >= 0.6 is 0 Å². The molecule has 0 unspecified atom stereocenters. The highest BCUT2D eigenvalue weighted by Crippen LogP contribution is 2.22. The molecule has 0 bridgehead atoms. The number of carbonyl (C=O) groups is 1. The predicted octanol–water partition coefficient (Wildman–Crippen LogP) is 0.508. The number of benzene rings is 1. The van der Waals surface area contributed by atoms with E-state index in [1.54, 1.807) is 18.2 Å². The summed E-state index contributed by atoms with van der Waals surface area (Å²) in [6.45, 7) is 1.36. The average Bonchev–Trinajstić information content (AvgIpc) is 2.40. The SMILES string of the molecule is NC(=O)N(C1CCNCC1)S(=O)(=O)c1ccccc1. The van der Waals surface area contributed by atoms with Gasteiger partial charge < -0.3 is 11.1 Å². The zero-order valence-corrected chi connectivity index (χ0v) is 11.3. The molecule has 0 radical (unpaired) electrons. The molecule has 0 atom stereocenters. The number of rotatable bonds is 3. The highest BCUT2D eigenvalue weighted by Gasteiger charge is 2.34. The summed E-state index contributed by atoms with van der Waals surface area (Å²) in [5.41, 5.74) is 5.28. The highest BCUT2D eigenvalue weighted by molar-refractivity contribution is 7.89. The van der Waals surface area contributed by atoms with E-state index in [2.05, 4.69) is 5.32 Å². The summed E-state index contributed by atoms with van der Waals surface area (Å²) < 4.78 is 25.8. The molecule has 1 fully saturated rings. The summed E-state index contributed by atoms with van der Waals surface area (Å²) >= 11 is 0. The first-order valence-corrected chi connectivity index (χ1v) is 7.57. The van der Waals surface area contributed by atoms with E-state index in [9.17, 15) is 13.2 Å². The molecule has 0 saturated carbocycles. The molecule has 2 amide bonds. The first kappa shape index (κ1) is 13.8. The van der Waals surface area contributed by atoms with Crippen molar-refractivity contribution in [2.75, 3.05) is 13.1 Å². The number of piperidine rings is 1. The van der Waals surface area contributed by atoms with Crippen LogP contribution in [0.2, 0.25) is 0 Å². The highest BCUT2D eigenvalue weighted by atomic mass is 32.2. The molecule has 104 valence electrons. The van der Waals surface area contributed by atoms with Crippen molar-refractivity contribution in [2.45, 2.75) is 23.8 Å². The third kappa shape index (κ3) is 2.87. The number of nitrogens with two attached hydrogens (primary N) is 1. The van der Waals surface area contributed by atoms with Crippen molar-refractivity contribution in [1.82, 2.24) is 9.62 Å². The molecule has 1 aromatic rings. The maximum atomic E-state index is 12.5. The molecule has 1 aliphatic rings. The van der Waals surface area contributed by atoms with E-state index in [0.29, 0.717) is 25.9 Å². The second kappa shape index (κ2) is 5.58. The minimum Gasteiger partial charge on any atom is -0.351 e. The van der Waals surface area contributed by atoms with Gasteiger partial charge in [0.15, 0.2) is 0 Å². The van der Waals surface area contributed by atoms with Gasteiger partial charge in [0.05, 0.1) is 10.9 Å². The summed E-state index contributed by atoms with van der Waals surface area (Å²) in [5, 5.41) is 3.13. The molecular weight excluding hydrogens is 266 g/mol. The standard InChI is InChI=1S/C12H17N3O3S/c13-12(16)15(10-6-8-14-9-7-10)19(17,18)11-4-2-1-3-5-11/h1-5,10,14H,6-9H2,(H2,13,16). The number of amides is 2. The van der Waals surface area contributed by atoms with E-state index in [4.69, 9.17) is 5.73 Å². The molecule has 1 heterocycles.